The number of anilines is 2. The van der Waals surface area contributed by atoms with Gasteiger partial charge in [0, 0.05) is 19.2 Å². The molecule has 6 heteroatoms. The summed E-state index contributed by atoms with van der Waals surface area (Å²) in [5.41, 5.74) is 5.50. The van der Waals surface area contributed by atoms with E-state index in [1.54, 1.807) is 6.07 Å². The predicted molar refractivity (Wildman–Crippen MR) is 72.8 cm³/mol. The molecule has 0 amide bonds. The fourth-order valence-corrected chi connectivity index (χ4v) is 2.31. The molecule has 2 rings (SSSR count). The van der Waals surface area contributed by atoms with Gasteiger partial charge in [0.05, 0.1) is 6.10 Å². The Morgan fingerprint density at radius 1 is 1.39 bits per heavy atom. The van der Waals surface area contributed by atoms with Crippen molar-refractivity contribution in [2.24, 2.45) is 0 Å². The van der Waals surface area contributed by atoms with Gasteiger partial charge in [0.15, 0.2) is 0 Å². The monoisotopic (exact) mass is 270 g/mol. The van der Waals surface area contributed by atoms with Crippen LogP contribution in [0.4, 0.5) is 11.8 Å². The molecule has 1 heterocycles. The van der Waals surface area contributed by atoms with Gasteiger partial charge in [0.2, 0.25) is 5.95 Å². The first-order chi connectivity index (χ1) is 8.74. The van der Waals surface area contributed by atoms with E-state index in [0.29, 0.717) is 17.1 Å². The second-order valence-electron chi connectivity index (χ2n) is 4.49. The van der Waals surface area contributed by atoms with Crippen molar-refractivity contribution in [2.75, 3.05) is 24.2 Å². The summed E-state index contributed by atoms with van der Waals surface area (Å²) in [6.45, 7) is 1.57. The van der Waals surface area contributed by atoms with Crippen molar-refractivity contribution in [1.82, 2.24) is 9.97 Å². The molecule has 5 nitrogen and oxygen atoms in total. The lowest BCUT2D eigenvalue weighted by atomic mass is 10.3. The van der Waals surface area contributed by atoms with Gasteiger partial charge < -0.3 is 15.8 Å². The Morgan fingerprint density at radius 3 is 2.89 bits per heavy atom. The van der Waals surface area contributed by atoms with Crippen LogP contribution in [0.25, 0.3) is 0 Å². The minimum Gasteiger partial charge on any atom is -0.378 e. The third-order valence-corrected chi connectivity index (χ3v) is 3.19. The molecule has 18 heavy (non-hydrogen) atoms. The lowest BCUT2D eigenvalue weighted by molar-refractivity contribution is 0.0583. The third kappa shape index (κ3) is 4.31. The summed E-state index contributed by atoms with van der Waals surface area (Å²) in [5.74, 6) is 0.848. The Kier molecular flexibility index (Phi) is 5.01. The van der Waals surface area contributed by atoms with Crippen molar-refractivity contribution in [3.63, 3.8) is 0 Å². The lowest BCUT2D eigenvalue weighted by Crippen LogP contribution is -2.12. The van der Waals surface area contributed by atoms with Gasteiger partial charge in [-0.25, -0.2) is 4.98 Å². The highest BCUT2D eigenvalue weighted by molar-refractivity contribution is 6.29. The number of nitrogens with one attached hydrogen (secondary N) is 1. The molecule has 0 bridgehead atoms. The number of hydrogen-bond acceptors (Lipinski definition) is 5. The molecular formula is C12H19ClN4O. The fourth-order valence-electron chi connectivity index (χ4n) is 2.12. The van der Waals surface area contributed by atoms with Gasteiger partial charge in [0.25, 0.3) is 0 Å². The molecule has 0 atom stereocenters. The second-order valence-corrected chi connectivity index (χ2v) is 4.88. The summed E-state index contributed by atoms with van der Waals surface area (Å²) in [4.78, 5) is 7.84. The predicted octanol–water partition coefficient (Wildman–Crippen LogP) is 2.47. The van der Waals surface area contributed by atoms with Crippen LogP contribution < -0.4 is 11.1 Å². The highest BCUT2D eigenvalue weighted by Gasteiger charge is 2.14. The van der Waals surface area contributed by atoms with E-state index in [9.17, 15) is 0 Å². The molecule has 1 saturated carbocycles. The molecule has 0 unspecified atom stereocenters. The molecule has 1 aromatic rings. The number of ether oxygens (including phenoxy) is 1. The van der Waals surface area contributed by atoms with Gasteiger partial charge in [0.1, 0.15) is 11.0 Å². The fraction of sp³-hybridized carbons (Fsp3) is 0.667. The molecule has 0 aromatic carbocycles. The van der Waals surface area contributed by atoms with Crippen molar-refractivity contribution in [3.05, 3.63) is 11.2 Å². The molecule has 1 fully saturated rings. The number of aromatic nitrogens is 2. The summed E-state index contributed by atoms with van der Waals surface area (Å²) >= 11 is 5.78. The maximum atomic E-state index is 5.78. The Hall–Kier alpha value is -1.07. The highest BCUT2D eigenvalue weighted by Crippen LogP contribution is 2.20. The number of halogens is 1. The molecule has 3 N–H and O–H groups in total. The van der Waals surface area contributed by atoms with Crippen LogP contribution in [0, 0.1) is 0 Å². The maximum Gasteiger partial charge on any atom is 0.223 e. The summed E-state index contributed by atoms with van der Waals surface area (Å²) in [7, 11) is 0. The van der Waals surface area contributed by atoms with Crippen LogP contribution in [0.5, 0.6) is 0 Å². The summed E-state index contributed by atoms with van der Waals surface area (Å²) in [5, 5.41) is 3.51. The second kappa shape index (κ2) is 6.75. The van der Waals surface area contributed by atoms with E-state index < -0.39 is 0 Å². The molecule has 0 spiro atoms. The van der Waals surface area contributed by atoms with Gasteiger partial charge in [-0.2, -0.15) is 4.98 Å². The van der Waals surface area contributed by atoms with Crippen molar-refractivity contribution in [2.45, 2.75) is 38.2 Å². The van der Waals surface area contributed by atoms with Crippen LogP contribution in [0.2, 0.25) is 5.15 Å². The highest BCUT2D eigenvalue weighted by atomic mass is 35.5. The standard InChI is InChI=1S/C12H19ClN4O/c13-10-8-11(17-12(14)16-10)15-6-3-7-18-9-4-1-2-5-9/h8-9H,1-7H2,(H3,14,15,16,17). The van der Waals surface area contributed by atoms with Gasteiger partial charge in [-0.05, 0) is 19.3 Å². The Morgan fingerprint density at radius 2 is 2.17 bits per heavy atom. The number of rotatable bonds is 6. The smallest absolute Gasteiger partial charge is 0.223 e. The molecular weight excluding hydrogens is 252 g/mol. The largest absolute Gasteiger partial charge is 0.378 e. The minimum absolute atomic E-state index is 0.187. The molecule has 1 aliphatic rings. The average Bonchev–Trinajstić information content (AvgIpc) is 2.80. The van der Waals surface area contributed by atoms with Gasteiger partial charge in [-0.3, -0.25) is 0 Å². The van der Waals surface area contributed by atoms with Gasteiger partial charge in [-0.1, -0.05) is 24.4 Å². The number of nitrogen functional groups attached to an aromatic ring is 1. The summed E-state index contributed by atoms with van der Waals surface area (Å²) in [6.07, 6.45) is 6.47. The van der Waals surface area contributed by atoms with E-state index in [1.165, 1.54) is 25.7 Å². The zero-order valence-electron chi connectivity index (χ0n) is 10.4. The van der Waals surface area contributed by atoms with Crippen LogP contribution in [0.1, 0.15) is 32.1 Å². The zero-order chi connectivity index (χ0) is 12.8. The average molecular weight is 271 g/mol. The molecule has 0 saturated heterocycles. The number of hydrogen-bond donors (Lipinski definition) is 2. The topological polar surface area (TPSA) is 73.1 Å². The lowest BCUT2D eigenvalue weighted by Gasteiger charge is -2.11. The van der Waals surface area contributed by atoms with Gasteiger partial charge >= 0.3 is 0 Å². The van der Waals surface area contributed by atoms with Crippen molar-refractivity contribution in [3.8, 4) is 0 Å². The Bertz CT molecular complexity index is 362. The van der Waals surface area contributed by atoms with Crippen LogP contribution in [-0.2, 0) is 4.74 Å². The van der Waals surface area contributed by atoms with Gasteiger partial charge in [-0.15, -0.1) is 0 Å². The summed E-state index contributed by atoms with van der Waals surface area (Å²) < 4.78 is 5.76. The first-order valence-electron chi connectivity index (χ1n) is 6.39. The number of nitrogens with zero attached hydrogens (tertiary/aromatic N) is 2. The third-order valence-electron chi connectivity index (χ3n) is 3.00. The van der Waals surface area contributed by atoms with E-state index in [-0.39, 0.29) is 5.95 Å². The first-order valence-corrected chi connectivity index (χ1v) is 6.77. The quantitative estimate of drug-likeness (QED) is 0.614. The van der Waals surface area contributed by atoms with Crippen LogP contribution >= 0.6 is 11.6 Å². The molecule has 100 valence electrons. The van der Waals surface area contributed by atoms with E-state index in [1.807, 2.05) is 0 Å². The number of nitrogens with two attached hydrogens (primary N) is 1. The molecule has 1 aromatic heterocycles. The van der Waals surface area contributed by atoms with Crippen molar-refractivity contribution in [1.29, 1.82) is 0 Å². The Labute approximate surface area is 112 Å². The SMILES string of the molecule is Nc1nc(Cl)cc(NCCCOC2CCCC2)n1. The maximum absolute atomic E-state index is 5.78. The zero-order valence-corrected chi connectivity index (χ0v) is 11.1. The summed E-state index contributed by atoms with van der Waals surface area (Å²) in [6, 6.07) is 1.66. The van der Waals surface area contributed by atoms with Crippen LogP contribution in [-0.4, -0.2) is 29.2 Å². The van der Waals surface area contributed by atoms with E-state index >= 15 is 0 Å². The van der Waals surface area contributed by atoms with Crippen LogP contribution in [0.3, 0.4) is 0 Å². The molecule has 0 aliphatic heterocycles. The molecule has 0 radical (unpaired) electrons. The van der Waals surface area contributed by atoms with E-state index in [2.05, 4.69) is 15.3 Å². The first kappa shape index (κ1) is 13.4. The van der Waals surface area contributed by atoms with E-state index in [4.69, 9.17) is 22.1 Å². The van der Waals surface area contributed by atoms with Crippen LogP contribution in [0.15, 0.2) is 6.07 Å². The van der Waals surface area contributed by atoms with Crippen molar-refractivity contribution >= 4 is 23.4 Å². The van der Waals surface area contributed by atoms with E-state index in [0.717, 1.165) is 19.6 Å². The minimum atomic E-state index is 0.187. The molecule has 1 aliphatic carbocycles. The van der Waals surface area contributed by atoms with Crippen molar-refractivity contribution < 1.29 is 4.74 Å². The Balaban J connectivity index is 1.62. The normalized spacial score (nSPS) is 16.1.